The lowest BCUT2D eigenvalue weighted by Crippen LogP contribution is -2.58. The van der Waals surface area contributed by atoms with E-state index in [0.717, 1.165) is 34.4 Å². The average Bonchev–Trinajstić information content (AvgIpc) is 2.60. The number of phenols is 1. The molecule has 0 radical (unpaired) electrons. The minimum Gasteiger partial charge on any atom is -0.507 e. The van der Waals surface area contributed by atoms with Crippen molar-refractivity contribution in [2.75, 3.05) is 0 Å². The van der Waals surface area contributed by atoms with Gasteiger partial charge in [0, 0.05) is 12.0 Å². The molecular formula is C20H30O6. The molecule has 0 aromatic heterocycles. The van der Waals surface area contributed by atoms with Gasteiger partial charge < -0.3 is 29.9 Å². The van der Waals surface area contributed by atoms with Gasteiger partial charge in [-0.25, -0.2) is 0 Å². The number of aliphatic hydroxyl groups is 3. The third-order valence-electron chi connectivity index (χ3n) is 6.18. The van der Waals surface area contributed by atoms with Crippen LogP contribution in [-0.2, 0) is 11.2 Å². The van der Waals surface area contributed by atoms with Gasteiger partial charge in [0.05, 0.1) is 12.2 Å². The van der Waals surface area contributed by atoms with E-state index >= 15 is 0 Å². The van der Waals surface area contributed by atoms with Crippen molar-refractivity contribution in [3.8, 4) is 11.5 Å². The normalized spacial score (nSPS) is 37.2. The summed E-state index contributed by atoms with van der Waals surface area (Å²) in [5.41, 5.74) is 3.04. The van der Waals surface area contributed by atoms with Gasteiger partial charge in [0.15, 0.2) is 0 Å². The Hall–Kier alpha value is -1.34. The van der Waals surface area contributed by atoms with Crippen LogP contribution in [0.3, 0.4) is 0 Å². The molecule has 146 valence electrons. The maximum Gasteiger partial charge on any atom is 0.127 e. The first kappa shape index (κ1) is 19.4. The smallest absolute Gasteiger partial charge is 0.127 e. The van der Waals surface area contributed by atoms with Gasteiger partial charge in [-0.15, -0.1) is 0 Å². The molecule has 2 aliphatic rings. The second-order valence-corrected chi connectivity index (χ2v) is 8.14. The zero-order chi connectivity index (χ0) is 19.4. The summed E-state index contributed by atoms with van der Waals surface area (Å²) in [6, 6.07) is 0. The van der Waals surface area contributed by atoms with Crippen LogP contribution in [0, 0.1) is 20.8 Å². The summed E-state index contributed by atoms with van der Waals surface area (Å²) < 4.78 is 12.1. The predicted molar refractivity (Wildman–Crippen MR) is 96.6 cm³/mol. The predicted octanol–water partition coefficient (Wildman–Crippen LogP) is 1.66. The van der Waals surface area contributed by atoms with Gasteiger partial charge in [-0.05, 0) is 64.2 Å². The molecule has 6 atom stereocenters. The van der Waals surface area contributed by atoms with Crippen molar-refractivity contribution >= 4 is 0 Å². The molecule has 6 heteroatoms. The van der Waals surface area contributed by atoms with Crippen LogP contribution < -0.4 is 4.74 Å². The van der Waals surface area contributed by atoms with E-state index in [2.05, 4.69) is 0 Å². The zero-order valence-electron chi connectivity index (χ0n) is 16.1. The summed E-state index contributed by atoms with van der Waals surface area (Å²) in [5.74, 6) is 1.12. The van der Waals surface area contributed by atoms with E-state index in [4.69, 9.17) is 9.47 Å². The van der Waals surface area contributed by atoms with Crippen molar-refractivity contribution in [2.45, 2.75) is 90.0 Å². The number of aromatic hydroxyl groups is 1. The van der Waals surface area contributed by atoms with Gasteiger partial charge in [-0.1, -0.05) is 0 Å². The first-order valence-electron chi connectivity index (χ1n) is 9.26. The van der Waals surface area contributed by atoms with Crippen LogP contribution in [0.2, 0.25) is 0 Å². The molecule has 6 nitrogen and oxygen atoms in total. The number of aliphatic hydroxyl groups excluding tert-OH is 3. The number of hydrogen-bond acceptors (Lipinski definition) is 6. The Morgan fingerprint density at radius 1 is 1.00 bits per heavy atom. The van der Waals surface area contributed by atoms with E-state index in [1.807, 2.05) is 27.7 Å². The highest BCUT2D eigenvalue weighted by Crippen LogP contribution is 2.45. The molecule has 0 amide bonds. The van der Waals surface area contributed by atoms with Crippen LogP contribution in [0.25, 0.3) is 0 Å². The standard InChI is InChI=1S/C20H30O6/c1-9-10(2)19-13(11(3)15(9)21)6-7-20(5,26-19)8-14-17(23)18(24)16(22)12(4)25-14/h12,14,16-18,21-24H,6-8H2,1-5H3/t12-,14+,16-,17-,18+,20?/m0/s1. The Morgan fingerprint density at radius 3 is 2.31 bits per heavy atom. The van der Waals surface area contributed by atoms with Gasteiger partial charge >= 0.3 is 0 Å². The fraction of sp³-hybridized carbons (Fsp3) is 0.700. The quantitative estimate of drug-likeness (QED) is 0.635. The SMILES string of the molecule is Cc1c(C)c2c(c(C)c1O)CCC(C)(C[C@H]1O[C@@H](C)[C@H](O)[C@@H](O)[C@H]1O)O2. The lowest BCUT2D eigenvalue weighted by Gasteiger charge is -2.44. The molecule has 1 unspecified atom stereocenters. The molecule has 0 bridgehead atoms. The molecule has 1 saturated heterocycles. The van der Waals surface area contributed by atoms with Crippen LogP contribution in [0.1, 0.15) is 48.9 Å². The van der Waals surface area contributed by atoms with Crippen molar-refractivity contribution in [2.24, 2.45) is 0 Å². The largest absolute Gasteiger partial charge is 0.507 e. The van der Waals surface area contributed by atoms with Crippen LogP contribution in [-0.4, -0.2) is 56.5 Å². The van der Waals surface area contributed by atoms with E-state index in [9.17, 15) is 20.4 Å². The van der Waals surface area contributed by atoms with Gasteiger partial charge in [0.2, 0.25) is 0 Å². The summed E-state index contributed by atoms with van der Waals surface area (Å²) in [6.45, 7) is 9.38. The molecule has 2 heterocycles. The van der Waals surface area contributed by atoms with Crippen LogP contribution >= 0.6 is 0 Å². The van der Waals surface area contributed by atoms with E-state index in [1.54, 1.807) is 6.92 Å². The van der Waals surface area contributed by atoms with Gasteiger partial charge in [0.25, 0.3) is 0 Å². The van der Waals surface area contributed by atoms with Crippen LogP contribution in [0.5, 0.6) is 11.5 Å². The maximum atomic E-state index is 10.3. The molecule has 1 aromatic rings. The fourth-order valence-corrected chi connectivity index (χ4v) is 4.17. The fourth-order valence-electron chi connectivity index (χ4n) is 4.17. The third kappa shape index (κ3) is 3.09. The number of fused-ring (bicyclic) bond motifs is 1. The number of phenolic OH excluding ortho intramolecular Hbond substituents is 1. The van der Waals surface area contributed by atoms with Gasteiger partial charge in [-0.2, -0.15) is 0 Å². The molecule has 0 saturated carbocycles. The third-order valence-corrected chi connectivity index (χ3v) is 6.18. The average molecular weight is 366 g/mol. The first-order valence-corrected chi connectivity index (χ1v) is 9.26. The number of benzene rings is 1. The lowest BCUT2D eigenvalue weighted by molar-refractivity contribution is -0.226. The molecule has 1 aromatic carbocycles. The zero-order valence-corrected chi connectivity index (χ0v) is 16.1. The highest BCUT2D eigenvalue weighted by molar-refractivity contribution is 5.58. The summed E-state index contributed by atoms with van der Waals surface area (Å²) in [4.78, 5) is 0. The Labute approximate surface area is 154 Å². The van der Waals surface area contributed by atoms with Crippen molar-refractivity contribution in [3.05, 3.63) is 22.3 Å². The molecule has 4 N–H and O–H groups in total. The number of rotatable bonds is 2. The second kappa shape index (κ2) is 6.68. The van der Waals surface area contributed by atoms with Gasteiger partial charge in [0.1, 0.15) is 35.4 Å². The first-order chi connectivity index (χ1) is 12.1. The van der Waals surface area contributed by atoms with Gasteiger partial charge in [-0.3, -0.25) is 0 Å². The summed E-state index contributed by atoms with van der Waals surface area (Å²) in [5, 5.41) is 40.5. The highest BCUT2D eigenvalue weighted by atomic mass is 16.5. The Balaban J connectivity index is 1.85. The minimum atomic E-state index is -1.23. The number of hydrogen-bond donors (Lipinski definition) is 4. The summed E-state index contributed by atoms with van der Waals surface area (Å²) >= 11 is 0. The van der Waals surface area contributed by atoms with Crippen molar-refractivity contribution in [1.82, 2.24) is 0 Å². The minimum absolute atomic E-state index is 0.324. The van der Waals surface area contributed by atoms with E-state index in [1.165, 1.54) is 0 Å². The maximum absolute atomic E-state index is 10.3. The Morgan fingerprint density at radius 2 is 1.65 bits per heavy atom. The van der Waals surface area contributed by atoms with Crippen molar-refractivity contribution in [3.63, 3.8) is 0 Å². The molecule has 0 spiro atoms. The summed E-state index contributed by atoms with van der Waals surface area (Å²) in [7, 11) is 0. The molecular weight excluding hydrogens is 336 g/mol. The van der Waals surface area contributed by atoms with Crippen LogP contribution in [0.15, 0.2) is 0 Å². The molecule has 26 heavy (non-hydrogen) atoms. The van der Waals surface area contributed by atoms with Crippen LogP contribution in [0.4, 0.5) is 0 Å². The molecule has 2 aliphatic heterocycles. The summed E-state index contributed by atoms with van der Waals surface area (Å²) in [6.07, 6.45) is -2.79. The monoisotopic (exact) mass is 366 g/mol. The van der Waals surface area contributed by atoms with E-state index in [0.29, 0.717) is 18.6 Å². The van der Waals surface area contributed by atoms with E-state index < -0.39 is 36.1 Å². The second-order valence-electron chi connectivity index (χ2n) is 8.14. The lowest BCUT2D eigenvalue weighted by atomic mass is 9.82. The van der Waals surface area contributed by atoms with Crippen molar-refractivity contribution < 1.29 is 29.9 Å². The number of ether oxygens (including phenoxy) is 2. The Kier molecular flexibility index (Phi) is 4.99. The molecule has 1 fully saturated rings. The molecule has 0 aliphatic carbocycles. The Bertz CT molecular complexity index is 702. The molecule has 3 rings (SSSR count). The van der Waals surface area contributed by atoms with Crippen molar-refractivity contribution in [1.29, 1.82) is 0 Å². The van der Waals surface area contributed by atoms with E-state index in [-0.39, 0.29) is 0 Å². The highest BCUT2D eigenvalue weighted by Gasteiger charge is 2.46. The topological polar surface area (TPSA) is 99.4 Å².